The van der Waals surface area contributed by atoms with Crippen molar-refractivity contribution in [2.45, 2.75) is 12.8 Å². The van der Waals surface area contributed by atoms with Crippen LogP contribution in [0.1, 0.15) is 12.8 Å². The van der Waals surface area contributed by atoms with Crippen molar-refractivity contribution in [3.63, 3.8) is 0 Å². The van der Waals surface area contributed by atoms with Gasteiger partial charge in [-0.15, -0.1) is 11.3 Å². The smallest absolute Gasteiger partial charge is 0.240 e. The number of hydrogen-bond donors (Lipinski definition) is 2. The number of aromatic nitrogens is 2. The quantitative estimate of drug-likeness (QED) is 0.611. The van der Waals surface area contributed by atoms with E-state index < -0.39 is 0 Å². The van der Waals surface area contributed by atoms with Crippen LogP contribution in [-0.4, -0.2) is 23.1 Å². The van der Waals surface area contributed by atoms with Crippen molar-refractivity contribution in [2.24, 2.45) is 5.84 Å². The minimum Gasteiger partial charge on any atom is -0.356 e. The molecule has 0 amide bonds. The first-order valence-electron chi connectivity index (χ1n) is 5.35. The summed E-state index contributed by atoms with van der Waals surface area (Å²) in [6.45, 7) is 2.15. The van der Waals surface area contributed by atoms with E-state index >= 15 is 0 Å². The average molecular weight is 235 g/mol. The van der Waals surface area contributed by atoms with E-state index in [1.807, 2.05) is 5.38 Å². The normalized spacial score (nSPS) is 15.9. The van der Waals surface area contributed by atoms with Gasteiger partial charge in [0, 0.05) is 13.1 Å². The van der Waals surface area contributed by atoms with Crippen LogP contribution in [0.5, 0.6) is 0 Å². The van der Waals surface area contributed by atoms with Gasteiger partial charge in [0.1, 0.15) is 10.6 Å². The maximum atomic E-state index is 5.39. The molecule has 1 saturated heterocycles. The Kier molecular flexibility index (Phi) is 2.37. The van der Waals surface area contributed by atoms with Crippen LogP contribution in [0.15, 0.2) is 11.4 Å². The van der Waals surface area contributed by atoms with Gasteiger partial charge in [0.25, 0.3) is 0 Å². The fourth-order valence-electron chi connectivity index (χ4n) is 2.07. The first kappa shape index (κ1) is 9.80. The predicted octanol–water partition coefficient (Wildman–Crippen LogP) is 1.58. The highest BCUT2D eigenvalue weighted by Gasteiger charge is 2.18. The van der Waals surface area contributed by atoms with E-state index in [1.54, 1.807) is 11.3 Å². The highest BCUT2D eigenvalue weighted by molar-refractivity contribution is 7.16. The predicted molar refractivity (Wildman–Crippen MR) is 66.7 cm³/mol. The van der Waals surface area contributed by atoms with Crippen molar-refractivity contribution >= 4 is 33.3 Å². The maximum absolute atomic E-state index is 5.39. The number of anilines is 2. The summed E-state index contributed by atoms with van der Waals surface area (Å²) in [6, 6.07) is 2.08. The van der Waals surface area contributed by atoms with Gasteiger partial charge in [0.2, 0.25) is 5.95 Å². The Hall–Kier alpha value is -1.40. The van der Waals surface area contributed by atoms with Crippen LogP contribution < -0.4 is 16.2 Å². The van der Waals surface area contributed by atoms with E-state index in [2.05, 4.69) is 26.4 Å². The maximum Gasteiger partial charge on any atom is 0.240 e. The summed E-state index contributed by atoms with van der Waals surface area (Å²) in [7, 11) is 0. The van der Waals surface area contributed by atoms with Crippen molar-refractivity contribution in [3.8, 4) is 0 Å². The molecule has 0 unspecified atom stereocenters. The molecule has 0 atom stereocenters. The second kappa shape index (κ2) is 3.88. The molecule has 0 spiro atoms. The van der Waals surface area contributed by atoms with E-state index in [9.17, 15) is 0 Å². The van der Waals surface area contributed by atoms with Crippen molar-refractivity contribution < 1.29 is 0 Å². The molecule has 1 aliphatic rings. The lowest BCUT2D eigenvalue weighted by Gasteiger charge is -2.17. The molecule has 0 saturated carbocycles. The second-order valence-corrected chi connectivity index (χ2v) is 4.74. The summed E-state index contributed by atoms with van der Waals surface area (Å²) in [4.78, 5) is 12.1. The Balaban J connectivity index is 2.15. The van der Waals surface area contributed by atoms with Crippen LogP contribution >= 0.6 is 11.3 Å². The van der Waals surface area contributed by atoms with Gasteiger partial charge in [0.15, 0.2) is 0 Å². The largest absolute Gasteiger partial charge is 0.356 e. The Morgan fingerprint density at radius 3 is 2.88 bits per heavy atom. The van der Waals surface area contributed by atoms with Crippen LogP contribution in [0.4, 0.5) is 11.8 Å². The highest BCUT2D eigenvalue weighted by Crippen LogP contribution is 2.30. The number of fused-ring (bicyclic) bond motifs is 1. The van der Waals surface area contributed by atoms with E-state index in [-0.39, 0.29) is 0 Å². The summed E-state index contributed by atoms with van der Waals surface area (Å²) >= 11 is 1.62. The van der Waals surface area contributed by atoms with E-state index in [1.165, 1.54) is 12.8 Å². The second-order valence-electron chi connectivity index (χ2n) is 3.85. The molecule has 3 N–H and O–H groups in total. The number of hydrazine groups is 1. The molecular weight excluding hydrogens is 222 g/mol. The van der Waals surface area contributed by atoms with Crippen LogP contribution in [0.2, 0.25) is 0 Å². The number of nitrogen functional groups attached to an aromatic ring is 1. The number of hydrogen-bond acceptors (Lipinski definition) is 6. The first-order chi connectivity index (χ1) is 7.88. The Bertz CT molecular complexity index is 503. The molecule has 0 radical (unpaired) electrons. The van der Waals surface area contributed by atoms with Gasteiger partial charge in [0.05, 0.1) is 5.39 Å². The molecule has 0 bridgehead atoms. The molecule has 0 aliphatic carbocycles. The third-order valence-electron chi connectivity index (χ3n) is 2.84. The fourth-order valence-corrected chi connectivity index (χ4v) is 2.83. The molecular formula is C10H13N5S. The van der Waals surface area contributed by atoms with Gasteiger partial charge in [-0.3, -0.25) is 5.43 Å². The molecule has 2 aromatic heterocycles. The third kappa shape index (κ3) is 1.50. The van der Waals surface area contributed by atoms with Gasteiger partial charge < -0.3 is 4.90 Å². The summed E-state index contributed by atoms with van der Waals surface area (Å²) in [5.41, 5.74) is 2.53. The van der Waals surface area contributed by atoms with Crippen molar-refractivity contribution in [2.75, 3.05) is 23.4 Å². The Morgan fingerprint density at radius 1 is 1.31 bits per heavy atom. The molecule has 84 valence electrons. The summed E-state index contributed by atoms with van der Waals surface area (Å²) in [6.07, 6.45) is 2.47. The zero-order valence-electron chi connectivity index (χ0n) is 8.81. The van der Waals surface area contributed by atoms with Crippen molar-refractivity contribution in [1.29, 1.82) is 0 Å². The van der Waals surface area contributed by atoms with Crippen molar-refractivity contribution in [3.05, 3.63) is 11.4 Å². The van der Waals surface area contributed by atoms with E-state index in [0.29, 0.717) is 5.95 Å². The van der Waals surface area contributed by atoms with Crippen molar-refractivity contribution in [1.82, 2.24) is 9.97 Å². The molecule has 0 aromatic carbocycles. The molecule has 16 heavy (non-hydrogen) atoms. The van der Waals surface area contributed by atoms with E-state index in [0.717, 1.165) is 29.1 Å². The SMILES string of the molecule is NNc1nc(N2CCCC2)c2ccsc2n1. The molecule has 3 heterocycles. The number of thiophene rings is 1. The Morgan fingerprint density at radius 2 is 2.12 bits per heavy atom. The van der Waals surface area contributed by atoms with E-state index in [4.69, 9.17) is 5.84 Å². The lowest BCUT2D eigenvalue weighted by Crippen LogP contribution is -2.21. The minimum absolute atomic E-state index is 0.497. The molecule has 2 aromatic rings. The summed E-state index contributed by atoms with van der Waals surface area (Å²) in [5, 5.41) is 3.17. The standard InChI is InChI=1S/C10H13N5S/c11-14-10-12-8(15-4-1-2-5-15)7-3-6-16-9(7)13-10/h3,6H,1-2,4-5,11H2,(H,12,13,14). The summed E-state index contributed by atoms with van der Waals surface area (Å²) < 4.78 is 0. The van der Waals surface area contributed by atoms with Gasteiger partial charge in [-0.2, -0.15) is 4.98 Å². The van der Waals surface area contributed by atoms with Crippen LogP contribution in [-0.2, 0) is 0 Å². The van der Waals surface area contributed by atoms with Gasteiger partial charge in [-0.05, 0) is 24.3 Å². The van der Waals surface area contributed by atoms with Crippen LogP contribution in [0.3, 0.4) is 0 Å². The lowest BCUT2D eigenvalue weighted by molar-refractivity contribution is 0.939. The summed E-state index contributed by atoms with van der Waals surface area (Å²) in [5.74, 6) is 6.90. The van der Waals surface area contributed by atoms with Crippen LogP contribution in [0, 0.1) is 0 Å². The number of nitrogens with zero attached hydrogens (tertiary/aromatic N) is 3. The topological polar surface area (TPSA) is 67.1 Å². The molecule has 5 nitrogen and oxygen atoms in total. The van der Waals surface area contributed by atoms with Gasteiger partial charge in [-0.1, -0.05) is 0 Å². The molecule has 3 rings (SSSR count). The van der Waals surface area contributed by atoms with Gasteiger partial charge >= 0.3 is 0 Å². The zero-order valence-corrected chi connectivity index (χ0v) is 9.63. The lowest BCUT2D eigenvalue weighted by atomic mass is 10.3. The average Bonchev–Trinajstić information content (AvgIpc) is 2.98. The zero-order chi connectivity index (χ0) is 11.0. The molecule has 1 fully saturated rings. The molecule has 6 heteroatoms. The van der Waals surface area contributed by atoms with Crippen LogP contribution in [0.25, 0.3) is 10.2 Å². The fraction of sp³-hybridized carbons (Fsp3) is 0.400. The highest BCUT2D eigenvalue weighted by atomic mass is 32.1. The number of rotatable bonds is 2. The number of nitrogens with one attached hydrogen (secondary N) is 1. The molecule has 1 aliphatic heterocycles. The monoisotopic (exact) mass is 235 g/mol. The minimum atomic E-state index is 0.497. The van der Waals surface area contributed by atoms with Gasteiger partial charge in [-0.25, -0.2) is 10.8 Å². The Labute approximate surface area is 97.3 Å². The third-order valence-corrected chi connectivity index (χ3v) is 3.65. The number of nitrogens with two attached hydrogens (primary N) is 1. The first-order valence-corrected chi connectivity index (χ1v) is 6.23.